The van der Waals surface area contributed by atoms with Crippen molar-refractivity contribution in [2.45, 2.75) is 33.6 Å². The first-order valence-electron chi connectivity index (χ1n) is 9.24. The number of ketones is 1. The number of Topliss-reactive ketones (excluding diaryl/α,β-unsaturated/α-hetero) is 1. The first-order valence-corrected chi connectivity index (χ1v) is 9.24. The minimum Gasteiger partial charge on any atom is -0.463 e. The van der Waals surface area contributed by atoms with Gasteiger partial charge in [0.25, 0.3) is 0 Å². The number of hydrogen-bond donors (Lipinski definition) is 1. The molecule has 0 heterocycles. The highest BCUT2D eigenvalue weighted by Crippen LogP contribution is 2.15. The van der Waals surface area contributed by atoms with Crippen molar-refractivity contribution in [2.75, 3.05) is 11.9 Å². The van der Waals surface area contributed by atoms with Crippen molar-refractivity contribution >= 4 is 29.4 Å². The summed E-state index contributed by atoms with van der Waals surface area (Å²) in [7, 11) is 0. The van der Waals surface area contributed by atoms with Gasteiger partial charge in [-0.05, 0) is 56.2 Å². The predicted octanol–water partition coefficient (Wildman–Crippen LogP) is 4.48. The van der Waals surface area contributed by atoms with Crippen LogP contribution in [0.25, 0.3) is 6.08 Å². The second kappa shape index (κ2) is 10.2. The standard InChI is InChI=1S/C23H25NO4/c1-4-28-23(27)14-9-18-7-10-19(11-8-18)24-22(26)13-12-21(25)20-15-16(2)5-6-17(20)3/h5-11,14-15H,4,12-13H2,1-3H3,(H,24,26)/b14-9+. The van der Waals surface area contributed by atoms with Crippen LogP contribution in [0.3, 0.4) is 0 Å². The van der Waals surface area contributed by atoms with E-state index in [1.165, 1.54) is 6.08 Å². The van der Waals surface area contributed by atoms with E-state index in [2.05, 4.69) is 5.32 Å². The molecule has 0 saturated carbocycles. The minimum atomic E-state index is -0.395. The number of ether oxygens (including phenoxy) is 1. The molecule has 0 aliphatic rings. The molecule has 2 rings (SSSR count). The van der Waals surface area contributed by atoms with Crippen molar-refractivity contribution in [3.8, 4) is 0 Å². The average Bonchev–Trinajstić information content (AvgIpc) is 2.67. The summed E-state index contributed by atoms with van der Waals surface area (Å²) >= 11 is 0. The third-order valence-corrected chi connectivity index (χ3v) is 4.17. The summed E-state index contributed by atoms with van der Waals surface area (Å²) in [5.74, 6) is -0.641. The summed E-state index contributed by atoms with van der Waals surface area (Å²) in [4.78, 5) is 35.8. The summed E-state index contributed by atoms with van der Waals surface area (Å²) in [6, 6.07) is 12.8. The number of carbonyl (C=O) groups excluding carboxylic acids is 3. The molecule has 0 aliphatic carbocycles. The van der Waals surface area contributed by atoms with Gasteiger partial charge in [0.05, 0.1) is 6.61 Å². The third-order valence-electron chi connectivity index (χ3n) is 4.17. The van der Waals surface area contributed by atoms with E-state index in [9.17, 15) is 14.4 Å². The Morgan fingerprint density at radius 1 is 1.00 bits per heavy atom. The highest BCUT2D eigenvalue weighted by atomic mass is 16.5. The van der Waals surface area contributed by atoms with Gasteiger partial charge < -0.3 is 10.1 Å². The summed E-state index contributed by atoms with van der Waals surface area (Å²) in [5, 5.41) is 2.78. The van der Waals surface area contributed by atoms with Crippen LogP contribution in [0.5, 0.6) is 0 Å². The van der Waals surface area contributed by atoms with Gasteiger partial charge in [-0.3, -0.25) is 9.59 Å². The van der Waals surface area contributed by atoms with Crippen LogP contribution in [0.15, 0.2) is 48.5 Å². The number of hydrogen-bond acceptors (Lipinski definition) is 4. The lowest BCUT2D eigenvalue weighted by atomic mass is 9.99. The number of rotatable bonds is 8. The molecule has 5 nitrogen and oxygen atoms in total. The van der Waals surface area contributed by atoms with Crippen molar-refractivity contribution in [3.05, 3.63) is 70.8 Å². The Bertz CT molecular complexity index is 882. The summed E-state index contributed by atoms with van der Waals surface area (Å²) in [6.45, 7) is 5.91. The van der Waals surface area contributed by atoms with Crippen molar-refractivity contribution in [1.82, 2.24) is 0 Å². The topological polar surface area (TPSA) is 72.5 Å². The van der Waals surface area contributed by atoms with E-state index < -0.39 is 5.97 Å². The fourth-order valence-electron chi connectivity index (χ4n) is 2.65. The van der Waals surface area contributed by atoms with Crippen molar-refractivity contribution < 1.29 is 19.1 Å². The van der Waals surface area contributed by atoms with Crippen LogP contribution in [0, 0.1) is 13.8 Å². The normalized spacial score (nSPS) is 10.7. The van der Waals surface area contributed by atoms with Gasteiger partial charge in [-0.25, -0.2) is 4.79 Å². The molecule has 0 unspecified atom stereocenters. The summed E-state index contributed by atoms with van der Waals surface area (Å²) < 4.78 is 4.82. The number of aryl methyl sites for hydroxylation is 2. The molecule has 1 N–H and O–H groups in total. The molecule has 0 atom stereocenters. The average molecular weight is 379 g/mol. The molecule has 146 valence electrons. The van der Waals surface area contributed by atoms with E-state index >= 15 is 0 Å². The molecule has 5 heteroatoms. The molecular weight excluding hydrogens is 354 g/mol. The van der Waals surface area contributed by atoms with E-state index in [-0.39, 0.29) is 24.5 Å². The van der Waals surface area contributed by atoms with Crippen LogP contribution in [0.4, 0.5) is 5.69 Å². The van der Waals surface area contributed by atoms with Gasteiger partial charge in [0.1, 0.15) is 0 Å². The Hall–Kier alpha value is -3.21. The number of anilines is 1. The molecule has 2 aromatic rings. The fraction of sp³-hybridized carbons (Fsp3) is 0.261. The van der Waals surface area contributed by atoms with Crippen molar-refractivity contribution in [3.63, 3.8) is 0 Å². The third kappa shape index (κ3) is 6.50. The fourth-order valence-corrected chi connectivity index (χ4v) is 2.65. The molecule has 0 aliphatic heterocycles. The SMILES string of the molecule is CCOC(=O)/C=C/c1ccc(NC(=O)CCC(=O)c2cc(C)ccc2C)cc1. The van der Waals surface area contributed by atoms with Crippen molar-refractivity contribution in [2.24, 2.45) is 0 Å². The van der Waals surface area contributed by atoms with E-state index in [0.717, 1.165) is 16.7 Å². The zero-order valence-corrected chi connectivity index (χ0v) is 16.5. The first kappa shape index (κ1) is 21.1. The monoisotopic (exact) mass is 379 g/mol. The predicted molar refractivity (Wildman–Crippen MR) is 110 cm³/mol. The molecular formula is C23H25NO4. The van der Waals surface area contributed by atoms with Crippen LogP contribution in [0.2, 0.25) is 0 Å². The molecule has 28 heavy (non-hydrogen) atoms. The van der Waals surface area contributed by atoms with Gasteiger partial charge in [-0.1, -0.05) is 29.8 Å². The van der Waals surface area contributed by atoms with Crippen LogP contribution >= 0.6 is 0 Å². The maximum atomic E-state index is 12.4. The molecule has 0 saturated heterocycles. The molecule has 0 aromatic heterocycles. The number of carbonyl (C=O) groups is 3. The number of amides is 1. The van der Waals surface area contributed by atoms with E-state index in [1.807, 2.05) is 32.0 Å². The van der Waals surface area contributed by atoms with E-state index in [4.69, 9.17) is 4.74 Å². The zero-order valence-electron chi connectivity index (χ0n) is 16.5. The van der Waals surface area contributed by atoms with Gasteiger partial charge >= 0.3 is 5.97 Å². The maximum Gasteiger partial charge on any atom is 0.330 e. The number of benzene rings is 2. The van der Waals surface area contributed by atoms with Gasteiger partial charge in [0.15, 0.2) is 5.78 Å². The Kier molecular flexibility index (Phi) is 7.69. The van der Waals surface area contributed by atoms with Gasteiger partial charge in [-0.15, -0.1) is 0 Å². The first-order chi connectivity index (χ1) is 13.4. The van der Waals surface area contributed by atoms with Gasteiger partial charge in [0, 0.05) is 30.2 Å². The smallest absolute Gasteiger partial charge is 0.330 e. The molecule has 0 bridgehead atoms. The van der Waals surface area contributed by atoms with Crippen LogP contribution < -0.4 is 5.32 Å². The Labute approximate surface area is 165 Å². The molecule has 0 spiro atoms. The lowest BCUT2D eigenvalue weighted by Gasteiger charge is -2.07. The van der Waals surface area contributed by atoms with Crippen LogP contribution in [-0.2, 0) is 14.3 Å². The molecule has 0 fully saturated rings. The van der Waals surface area contributed by atoms with Crippen LogP contribution in [-0.4, -0.2) is 24.3 Å². The van der Waals surface area contributed by atoms with Gasteiger partial charge in [-0.2, -0.15) is 0 Å². The highest BCUT2D eigenvalue weighted by Gasteiger charge is 2.12. The Morgan fingerprint density at radius 2 is 1.71 bits per heavy atom. The highest BCUT2D eigenvalue weighted by molar-refractivity contribution is 6.01. The van der Waals surface area contributed by atoms with E-state index in [0.29, 0.717) is 17.9 Å². The minimum absolute atomic E-state index is 0.0317. The summed E-state index contributed by atoms with van der Waals surface area (Å²) in [6.07, 6.45) is 3.29. The number of esters is 1. The van der Waals surface area contributed by atoms with E-state index in [1.54, 1.807) is 37.3 Å². The lowest BCUT2D eigenvalue weighted by Crippen LogP contribution is -2.14. The second-order valence-electron chi connectivity index (χ2n) is 6.50. The van der Waals surface area contributed by atoms with Crippen LogP contribution in [0.1, 0.15) is 46.8 Å². The number of nitrogens with one attached hydrogen (secondary N) is 1. The van der Waals surface area contributed by atoms with Crippen molar-refractivity contribution in [1.29, 1.82) is 0 Å². The zero-order chi connectivity index (χ0) is 20.5. The molecule has 1 amide bonds. The maximum absolute atomic E-state index is 12.4. The van der Waals surface area contributed by atoms with Gasteiger partial charge in [0.2, 0.25) is 5.91 Å². The molecule has 2 aromatic carbocycles. The lowest BCUT2D eigenvalue weighted by molar-refractivity contribution is -0.137. The summed E-state index contributed by atoms with van der Waals surface area (Å²) in [5.41, 5.74) is 4.07. The molecule has 0 radical (unpaired) electrons. The Balaban J connectivity index is 1.86. The Morgan fingerprint density at radius 3 is 2.39 bits per heavy atom. The second-order valence-corrected chi connectivity index (χ2v) is 6.50. The largest absolute Gasteiger partial charge is 0.463 e. The quantitative estimate of drug-likeness (QED) is 0.417.